The van der Waals surface area contributed by atoms with Gasteiger partial charge in [-0.1, -0.05) is 6.92 Å². The SMILES string of the molecule is CCc1c(C)[nH]n(-c2cnccn2)c1=O. The fraction of sp³-hybridized carbons (Fsp3) is 0.300. The molecule has 0 radical (unpaired) electrons. The molecule has 0 aliphatic carbocycles. The third-order valence-electron chi connectivity index (χ3n) is 2.33. The second-order valence-corrected chi connectivity index (χ2v) is 3.27. The second kappa shape index (κ2) is 3.68. The summed E-state index contributed by atoms with van der Waals surface area (Å²) >= 11 is 0. The molecular formula is C10H12N4O. The Kier molecular flexibility index (Phi) is 2.37. The van der Waals surface area contributed by atoms with Gasteiger partial charge in [0, 0.05) is 23.7 Å². The molecule has 15 heavy (non-hydrogen) atoms. The van der Waals surface area contributed by atoms with Crippen LogP contribution in [0.2, 0.25) is 0 Å². The van der Waals surface area contributed by atoms with Crippen LogP contribution in [0.25, 0.3) is 5.82 Å². The van der Waals surface area contributed by atoms with Gasteiger partial charge in [-0.15, -0.1) is 0 Å². The van der Waals surface area contributed by atoms with Gasteiger partial charge in [0.1, 0.15) is 0 Å². The molecule has 0 unspecified atom stereocenters. The topological polar surface area (TPSA) is 63.6 Å². The smallest absolute Gasteiger partial charge is 0.276 e. The molecule has 0 fully saturated rings. The van der Waals surface area contributed by atoms with Crippen molar-refractivity contribution in [2.45, 2.75) is 20.3 Å². The average Bonchev–Trinajstić information content (AvgIpc) is 2.55. The third kappa shape index (κ3) is 1.56. The van der Waals surface area contributed by atoms with Crippen molar-refractivity contribution in [1.82, 2.24) is 19.7 Å². The first kappa shape index (κ1) is 9.64. The Morgan fingerprint density at radius 2 is 2.27 bits per heavy atom. The average molecular weight is 204 g/mol. The summed E-state index contributed by atoms with van der Waals surface area (Å²) in [5.41, 5.74) is 1.63. The Labute approximate surface area is 86.8 Å². The molecule has 2 heterocycles. The maximum absolute atomic E-state index is 11.9. The van der Waals surface area contributed by atoms with E-state index in [1.165, 1.54) is 4.68 Å². The summed E-state index contributed by atoms with van der Waals surface area (Å²) in [6.07, 6.45) is 5.40. The van der Waals surface area contributed by atoms with Crippen LogP contribution in [0.1, 0.15) is 18.2 Å². The number of nitrogens with one attached hydrogen (secondary N) is 1. The van der Waals surface area contributed by atoms with E-state index in [0.717, 1.165) is 11.3 Å². The van der Waals surface area contributed by atoms with Gasteiger partial charge in [-0.05, 0) is 13.3 Å². The summed E-state index contributed by atoms with van der Waals surface area (Å²) in [7, 11) is 0. The van der Waals surface area contributed by atoms with Gasteiger partial charge in [-0.3, -0.25) is 14.9 Å². The van der Waals surface area contributed by atoms with Crippen molar-refractivity contribution < 1.29 is 0 Å². The van der Waals surface area contributed by atoms with Crippen molar-refractivity contribution in [3.8, 4) is 5.82 Å². The molecular weight excluding hydrogens is 192 g/mol. The van der Waals surface area contributed by atoms with Crippen LogP contribution < -0.4 is 5.56 Å². The highest BCUT2D eigenvalue weighted by atomic mass is 16.1. The van der Waals surface area contributed by atoms with Crippen molar-refractivity contribution in [2.75, 3.05) is 0 Å². The van der Waals surface area contributed by atoms with E-state index in [1.807, 2.05) is 13.8 Å². The van der Waals surface area contributed by atoms with Gasteiger partial charge in [0.15, 0.2) is 5.82 Å². The highest BCUT2D eigenvalue weighted by molar-refractivity contribution is 5.23. The Hall–Kier alpha value is -1.91. The lowest BCUT2D eigenvalue weighted by atomic mass is 10.2. The molecule has 0 amide bonds. The minimum absolute atomic E-state index is 0.0458. The van der Waals surface area contributed by atoms with Crippen LogP contribution in [0.15, 0.2) is 23.4 Å². The molecule has 2 rings (SSSR count). The molecule has 0 aromatic carbocycles. The highest BCUT2D eigenvalue weighted by Gasteiger charge is 2.10. The van der Waals surface area contributed by atoms with Crippen molar-refractivity contribution in [3.63, 3.8) is 0 Å². The van der Waals surface area contributed by atoms with Crippen molar-refractivity contribution >= 4 is 0 Å². The maximum atomic E-state index is 11.9. The Morgan fingerprint density at radius 1 is 1.47 bits per heavy atom. The predicted molar refractivity (Wildman–Crippen MR) is 56.1 cm³/mol. The molecule has 0 saturated carbocycles. The fourth-order valence-electron chi connectivity index (χ4n) is 1.57. The van der Waals surface area contributed by atoms with Crippen LogP contribution >= 0.6 is 0 Å². The Morgan fingerprint density at radius 3 is 2.80 bits per heavy atom. The minimum atomic E-state index is -0.0458. The van der Waals surface area contributed by atoms with E-state index in [-0.39, 0.29) is 5.56 Å². The molecule has 2 aromatic heterocycles. The fourth-order valence-corrected chi connectivity index (χ4v) is 1.57. The van der Waals surface area contributed by atoms with Crippen LogP contribution in [0.3, 0.4) is 0 Å². The lowest BCUT2D eigenvalue weighted by molar-refractivity contribution is 0.799. The van der Waals surface area contributed by atoms with Gasteiger partial charge in [-0.25, -0.2) is 4.98 Å². The lowest BCUT2D eigenvalue weighted by Crippen LogP contribution is -2.18. The number of rotatable bonds is 2. The first-order valence-corrected chi connectivity index (χ1v) is 4.81. The third-order valence-corrected chi connectivity index (χ3v) is 2.33. The largest absolute Gasteiger partial charge is 0.294 e. The van der Waals surface area contributed by atoms with Crippen LogP contribution in [-0.2, 0) is 6.42 Å². The minimum Gasteiger partial charge on any atom is -0.294 e. The summed E-state index contributed by atoms with van der Waals surface area (Å²) in [6.45, 7) is 3.84. The predicted octanol–water partition coefficient (Wildman–Crippen LogP) is 0.826. The number of nitrogens with zero attached hydrogens (tertiary/aromatic N) is 3. The Bertz CT molecular complexity index is 512. The number of aromatic nitrogens is 4. The molecule has 0 aliphatic rings. The van der Waals surface area contributed by atoms with Crippen LogP contribution in [0.5, 0.6) is 0 Å². The van der Waals surface area contributed by atoms with Gasteiger partial charge in [0.05, 0.1) is 6.20 Å². The van der Waals surface area contributed by atoms with E-state index in [1.54, 1.807) is 18.6 Å². The zero-order chi connectivity index (χ0) is 10.8. The monoisotopic (exact) mass is 204 g/mol. The second-order valence-electron chi connectivity index (χ2n) is 3.27. The molecule has 78 valence electrons. The zero-order valence-electron chi connectivity index (χ0n) is 8.69. The van der Waals surface area contributed by atoms with Crippen molar-refractivity contribution in [3.05, 3.63) is 40.2 Å². The molecule has 5 heteroatoms. The number of hydrogen-bond donors (Lipinski definition) is 1. The van der Waals surface area contributed by atoms with E-state index in [0.29, 0.717) is 12.2 Å². The number of aryl methyl sites for hydroxylation is 1. The molecule has 2 aromatic rings. The van der Waals surface area contributed by atoms with Gasteiger partial charge >= 0.3 is 0 Å². The van der Waals surface area contributed by atoms with Gasteiger partial charge in [0.25, 0.3) is 5.56 Å². The first-order chi connectivity index (χ1) is 7.24. The molecule has 1 N–H and O–H groups in total. The lowest BCUT2D eigenvalue weighted by Gasteiger charge is -1.97. The van der Waals surface area contributed by atoms with Gasteiger partial charge in [-0.2, -0.15) is 4.68 Å². The maximum Gasteiger partial charge on any atom is 0.276 e. The van der Waals surface area contributed by atoms with E-state index < -0.39 is 0 Å². The molecule has 0 aliphatic heterocycles. The van der Waals surface area contributed by atoms with Gasteiger partial charge in [0.2, 0.25) is 0 Å². The van der Waals surface area contributed by atoms with E-state index >= 15 is 0 Å². The van der Waals surface area contributed by atoms with Crippen molar-refractivity contribution in [2.24, 2.45) is 0 Å². The summed E-state index contributed by atoms with van der Waals surface area (Å²) in [6, 6.07) is 0. The number of hydrogen-bond acceptors (Lipinski definition) is 3. The van der Waals surface area contributed by atoms with E-state index in [9.17, 15) is 4.79 Å². The normalized spacial score (nSPS) is 10.5. The Balaban J connectivity index is 2.61. The molecule has 0 bridgehead atoms. The zero-order valence-corrected chi connectivity index (χ0v) is 8.69. The summed E-state index contributed by atoms with van der Waals surface area (Å²) < 4.78 is 1.42. The number of aromatic amines is 1. The molecule has 0 saturated heterocycles. The van der Waals surface area contributed by atoms with Crippen LogP contribution in [0.4, 0.5) is 0 Å². The molecule has 5 nitrogen and oxygen atoms in total. The molecule has 0 atom stereocenters. The molecule has 0 spiro atoms. The van der Waals surface area contributed by atoms with Gasteiger partial charge < -0.3 is 0 Å². The van der Waals surface area contributed by atoms with E-state index in [2.05, 4.69) is 15.1 Å². The summed E-state index contributed by atoms with van der Waals surface area (Å²) in [4.78, 5) is 19.9. The number of H-pyrrole nitrogens is 1. The van der Waals surface area contributed by atoms with E-state index in [4.69, 9.17) is 0 Å². The summed E-state index contributed by atoms with van der Waals surface area (Å²) in [5.74, 6) is 0.519. The quantitative estimate of drug-likeness (QED) is 0.787. The first-order valence-electron chi connectivity index (χ1n) is 4.81. The highest BCUT2D eigenvalue weighted by Crippen LogP contribution is 2.03. The summed E-state index contributed by atoms with van der Waals surface area (Å²) in [5, 5.41) is 2.98. The standard InChI is InChI=1S/C10H12N4O/c1-3-8-7(2)13-14(10(8)15)9-6-11-4-5-12-9/h4-6,13H,3H2,1-2H3. The van der Waals surface area contributed by atoms with Crippen LogP contribution in [0, 0.1) is 6.92 Å². The van der Waals surface area contributed by atoms with Crippen molar-refractivity contribution in [1.29, 1.82) is 0 Å². The van der Waals surface area contributed by atoms with Crippen LogP contribution in [-0.4, -0.2) is 19.7 Å².